The first-order chi connectivity index (χ1) is 4.45. The van der Waals surface area contributed by atoms with Gasteiger partial charge in [0, 0.05) is 24.9 Å². The van der Waals surface area contributed by atoms with Crippen LogP contribution in [0.1, 0.15) is 6.92 Å². The van der Waals surface area contributed by atoms with Crippen molar-refractivity contribution in [1.29, 1.82) is 0 Å². The van der Waals surface area contributed by atoms with Gasteiger partial charge in [-0.15, -0.1) is 0 Å². The van der Waals surface area contributed by atoms with Gasteiger partial charge in [0.25, 0.3) is 0 Å². The summed E-state index contributed by atoms with van der Waals surface area (Å²) in [6, 6.07) is 0.640. The Labute approximate surface area is 81.9 Å². The van der Waals surface area contributed by atoms with E-state index in [4.69, 9.17) is 4.74 Å². The Hall–Kier alpha value is 0.284. The molecule has 0 fully saturated rings. The third-order valence-corrected chi connectivity index (χ3v) is 2.33. The second-order valence-corrected chi connectivity index (χ2v) is 9.02. The summed E-state index contributed by atoms with van der Waals surface area (Å²) in [5, 5.41) is 0. The van der Waals surface area contributed by atoms with E-state index in [1.165, 1.54) is 0 Å². The Bertz CT molecular complexity index is 120. The minimum atomic E-state index is -1.23. The molecule has 0 saturated carbocycles. The summed E-state index contributed by atoms with van der Waals surface area (Å²) in [6.07, 6.45) is 0. The third kappa shape index (κ3) is 10.3. The summed E-state index contributed by atoms with van der Waals surface area (Å²) in [5.41, 5.74) is 0. The molecule has 0 atom stereocenters. The van der Waals surface area contributed by atoms with Crippen molar-refractivity contribution in [3.05, 3.63) is 0 Å². The molecule has 1 radical (unpaired) electrons. The number of rotatable bonds is 3. The first kappa shape index (κ1) is 13.8. The monoisotopic (exact) mass is 167 g/mol. The molecule has 0 bridgehead atoms. The van der Waals surface area contributed by atoms with Crippen LogP contribution < -0.4 is 0 Å². The predicted octanol–water partition coefficient (Wildman–Crippen LogP) is 1.51. The van der Waals surface area contributed by atoms with Gasteiger partial charge in [0.15, 0.2) is 0 Å². The van der Waals surface area contributed by atoms with Crippen LogP contribution in [0.5, 0.6) is 0 Å². The van der Waals surface area contributed by atoms with E-state index in [1.54, 1.807) is 0 Å². The molecule has 4 heteroatoms. The van der Waals surface area contributed by atoms with E-state index in [2.05, 4.69) is 19.6 Å². The number of carbonyl (C=O) groups excluding carboxylic acids is 1. The number of ether oxygens (including phenoxy) is 1. The fourth-order valence-electron chi connectivity index (χ4n) is 0.645. The van der Waals surface area contributed by atoms with Crippen molar-refractivity contribution in [2.45, 2.75) is 32.6 Å². The van der Waals surface area contributed by atoms with Gasteiger partial charge in [0.1, 0.15) is 0 Å². The Balaban J connectivity index is 0. The van der Waals surface area contributed by atoms with Crippen LogP contribution in [-0.2, 0) is 9.53 Å². The minimum Gasteiger partial charge on any atom is -0.466 e. The third-order valence-electron chi connectivity index (χ3n) is 0.980. The van der Waals surface area contributed by atoms with E-state index in [-0.39, 0.29) is 24.8 Å². The molecule has 0 N–H and O–H groups in total. The van der Waals surface area contributed by atoms with Crippen LogP contribution in [0.3, 0.4) is 0 Å². The Morgan fingerprint density at radius 1 is 1.36 bits per heavy atom. The van der Waals surface area contributed by atoms with Crippen LogP contribution in [0.2, 0.25) is 25.7 Å². The molecular weight excluding hydrogens is 151 g/mol. The van der Waals surface area contributed by atoms with Gasteiger partial charge >= 0.3 is 5.97 Å². The van der Waals surface area contributed by atoms with Crippen molar-refractivity contribution in [2.24, 2.45) is 0 Å². The average molecular weight is 167 g/mol. The summed E-state index contributed by atoms with van der Waals surface area (Å²) in [4.78, 5) is 10.9. The van der Waals surface area contributed by atoms with E-state index in [1.807, 2.05) is 6.92 Å². The first-order valence-electron chi connectivity index (χ1n) is 3.61. The second-order valence-electron chi connectivity index (χ2n) is 3.54. The van der Waals surface area contributed by atoms with Gasteiger partial charge in [0.2, 0.25) is 0 Å². The zero-order valence-corrected chi connectivity index (χ0v) is 9.23. The molecule has 0 aromatic heterocycles. The molecule has 0 spiro atoms. The zero-order valence-electron chi connectivity index (χ0n) is 8.23. The maximum atomic E-state index is 10.9. The van der Waals surface area contributed by atoms with Crippen LogP contribution in [0.4, 0.5) is 0 Å². The Kier molecular flexibility index (Phi) is 7.39. The van der Waals surface area contributed by atoms with Gasteiger partial charge in [-0.2, -0.15) is 0 Å². The number of esters is 1. The smallest absolute Gasteiger partial charge is 0.303 e. The van der Waals surface area contributed by atoms with Gasteiger partial charge in [-0.1, -0.05) is 19.6 Å². The summed E-state index contributed by atoms with van der Waals surface area (Å²) < 4.78 is 4.81. The van der Waals surface area contributed by atoms with Crippen molar-refractivity contribution in [3.63, 3.8) is 0 Å². The molecule has 0 unspecified atom stereocenters. The summed E-state index contributed by atoms with van der Waals surface area (Å²) in [5.74, 6) is -0.0401. The normalized spacial score (nSPS) is 10.2. The molecule has 0 aliphatic carbocycles. The van der Waals surface area contributed by atoms with Gasteiger partial charge in [-0.25, -0.2) is 0 Å². The van der Waals surface area contributed by atoms with E-state index < -0.39 is 8.07 Å². The maximum Gasteiger partial charge on any atom is 0.303 e. The van der Waals surface area contributed by atoms with Crippen molar-refractivity contribution < 1.29 is 9.53 Å². The molecule has 0 saturated heterocycles. The summed E-state index contributed by atoms with van der Waals surface area (Å²) >= 11 is 0. The van der Waals surface area contributed by atoms with Crippen LogP contribution in [0.25, 0.3) is 0 Å². The molecular formula is C7H16LiO2Si. The molecule has 0 aliphatic rings. The molecule has 0 aliphatic heterocycles. The van der Waals surface area contributed by atoms with Crippen LogP contribution in [0, 0.1) is 0 Å². The second kappa shape index (κ2) is 5.87. The quantitative estimate of drug-likeness (QED) is 0.470. The predicted molar refractivity (Wildman–Crippen MR) is 50.5 cm³/mol. The van der Waals surface area contributed by atoms with E-state index in [0.29, 0.717) is 12.7 Å². The SMILES string of the molecule is CCOC(=O)C[Si](C)(C)C.[Li]. The van der Waals surface area contributed by atoms with Crippen molar-refractivity contribution in [1.82, 2.24) is 0 Å². The van der Waals surface area contributed by atoms with Crippen LogP contribution in [0.15, 0.2) is 0 Å². The zero-order chi connectivity index (χ0) is 8.20. The fourth-order valence-corrected chi connectivity index (χ4v) is 1.61. The van der Waals surface area contributed by atoms with Crippen LogP contribution >= 0.6 is 0 Å². The van der Waals surface area contributed by atoms with Gasteiger partial charge < -0.3 is 4.74 Å². The molecule has 0 aromatic rings. The summed E-state index contributed by atoms with van der Waals surface area (Å²) in [6.45, 7) is 8.81. The van der Waals surface area contributed by atoms with Crippen molar-refractivity contribution in [3.8, 4) is 0 Å². The van der Waals surface area contributed by atoms with E-state index in [9.17, 15) is 4.79 Å². The molecule has 2 nitrogen and oxygen atoms in total. The number of carbonyl (C=O) groups is 1. The molecule has 61 valence electrons. The van der Waals surface area contributed by atoms with Gasteiger partial charge in [-0.05, 0) is 6.92 Å². The van der Waals surface area contributed by atoms with Gasteiger partial charge in [-0.3, -0.25) is 4.79 Å². The molecule has 0 heterocycles. The number of hydrogen-bond acceptors (Lipinski definition) is 2. The van der Waals surface area contributed by atoms with Crippen LogP contribution in [-0.4, -0.2) is 39.5 Å². The Morgan fingerprint density at radius 3 is 2.09 bits per heavy atom. The molecule has 11 heavy (non-hydrogen) atoms. The fraction of sp³-hybridized carbons (Fsp3) is 0.857. The maximum absolute atomic E-state index is 10.9. The molecule has 0 rings (SSSR count). The van der Waals surface area contributed by atoms with Gasteiger partial charge in [0.05, 0.1) is 14.7 Å². The summed E-state index contributed by atoms with van der Waals surface area (Å²) in [7, 11) is -1.23. The standard InChI is InChI=1S/C7H16O2Si.Li/c1-5-9-7(8)6-10(2,3)4;/h5-6H2,1-4H3;. The number of hydrogen-bond donors (Lipinski definition) is 0. The van der Waals surface area contributed by atoms with Crippen molar-refractivity contribution >= 4 is 32.9 Å². The molecule has 0 amide bonds. The van der Waals surface area contributed by atoms with Crippen molar-refractivity contribution in [2.75, 3.05) is 6.61 Å². The minimum absolute atomic E-state index is 0. The van der Waals surface area contributed by atoms with E-state index in [0.717, 1.165) is 0 Å². The molecule has 0 aromatic carbocycles. The Morgan fingerprint density at radius 2 is 1.82 bits per heavy atom. The topological polar surface area (TPSA) is 26.3 Å². The first-order valence-corrected chi connectivity index (χ1v) is 7.32. The largest absolute Gasteiger partial charge is 0.466 e. The van der Waals surface area contributed by atoms with E-state index >= 15 is 0 Å². The average Bonchev–Trinajstić information content (AvgIpc) is 1.59.